The molecule has 2 aromatic carbocycles. The molecule has 3 N–H and O–H groups in total. The topological polar surface area (TPSA) is 164 Å². The monoisotopic (exact) mass is 813 g/mol. The maximum atomic E-state index is 14.4. The van der Waals surface area contributed by atoms with Crippen LogP contribution in [-0.4, -0.2) is 93.8 Å². The molecule has 17 heteroatoms. The fourth-order valence-electron chi connectivity index (χ4n) is 7.37. The van der Waals surface area contributed by atoms with Gasteiger partial charge in [-0.05, 0) is 67.6 Å². The number of pyridine rings is 1. The van der Waals surface area contributed by atoms with Gasteiger partial charge in [-0.25, -0.2) is 23.5 Å². The van der Waals surface area contributed by atoms with Crippen molar-refractivity contribution >= 4 is 73.3 Å². The minimum Gasteiger partial charge on any atom is -0.480 e. The highest BCUT2D eigenvalue weighted by atomic mass is 35.5. The Kier molecular flexibility index (Phi) is 11.8. The number of nitriles is 1. The number of hydrogen-bond donors (Lipinski definition) is 3. The summed E-state index contributed by atoms with van der Waals surface area (Å²) in [4.78, 5) is 46.2. The number of aliphatic carboxylic acids is 1. The molecule has 4 aromatic heterocycles. The van der Waals surface area contributed by atoms with Crippen LogP contribution in [0, 0.1) is 23.0 Å². The Labute approximate surface area is 335 Å². The van der Waals surface area contributed by atoms with Gasteiger partial charge in [-0.3, -0.25) is 14.7 Å². The number of rotatable bonds is 10. The van der Waals surface area contributed by atoms with Gasteiger partial charge < -0.3 is 29.9 Å². The van der Waals surface area contributed by atoms with E-state index in [9.17, 15) is 23.5 Å². The van der Waals surface area contributed by atoms with Gasteiger partial charge in [-0.15, -0.1) is 11.3 Å². The summed E-state index contributed by atoms with van der Waals surface area (Å²) in [7, 11) is 1.93. The Hall–Kier alpha value is -5.89. The fourth-order valence-corrected chi connectivity index (χ4v) is 8.39. The molecule has 2 aliphatic heterocycles. The third-order valence-electron chi connectivity index (χ3n) is 10.2. The van der Waals surface area contributed by atoms with Crippen LogP contribution in [-0.2, 0) is 9.53 Å². The number of carbonyl (C=O) groups excluding carboxylic acids is 1. The molecule has 6 heterocycles. The highest BCUT2D eigenvalue weighted by Gasteiger charge is 2.37. The van der Waals surface area contributed by atoms with Crippen molar-refractivity contribution < 1.29 is 28.2 Å². The second-order valence-electron chi connectivity index (χ2n) is 13.6. The Balaban J connectivity index is 0.000000174. The van der Waals surface area contributed by atoms with Crippen LogP contribution in [0.3, 0.4) is 0 Å². The van der Waals surface area contributed by atoms with Crippen molar-refractivity contribution in [1.29, 1.82) is 5.26 Å². The Morgan fingerprint density at radius 3 is 2.72 bits per heavy atom. The van der Waals surface area contributed by atoms with Crippen molar-refractivity contribution in [1.82, 2.24) is 24.8 Å². The second kappa shape index (κ2) is 17.1. The normalized spacial score (nSPS) is 17.2. The van der Waals surface area contributed by atoms with E-state index in [1.165, 1.54) is 41.9 Å². The number of likely N-dealkylation sites (N-methyl/N-ethyl adjacent to an activating group) is 1. The van der Waals surface area contributed by atoms with Crippen LogP contribution in [0.15, 0.2) is 72.6 Å². The van der Waals surface area contributed by atoms with E-state index < -0.39 is 29.6 Å². The highest BCUT2D eigenvalue weighted by Crippen LogP contribution is 2.35. The molecule has 2 saturated heterocycles. The first-order chi connectivity index (χ1) is 27.6. The molecule has 3 unspecified atom stereocenters. The minimum absolute atomic E-state index is 0.0403. The number of thiophene rings is 1. The molecule has 3 atom stereocenters. The van der Waals surface area contributed by atoms with Crippen LogP contribution >= 0.6 is 22.9 Å². The molecule has 13 nitrogen and oxygen atoms in total. The van der Waals surface area contributed by atoms with Gasteiger partial charge in [0.2, 0.25) is 0 Å². The minimum atomic E-state index is -1.08. The molecule has 6 aromatic rings. The predicted octanol–water partition coefficient (Wildman–Crippen LogP) is 7.26. The zero-order chi connectivity index (χ0) is 40.2. The Morgan fingerprint density at radius 1 is 1.12 bits per heavy atom. The van der Waals surface area contributed by atoms with Crippen molar-refractivity contribution in [2.75, 3.05) is 55.0 Å². The van der Waals surface area contributed by atoms with E-state index in [-0.39, 0.29) is 28.2 Å². The number of likely N-dealkylation sites (tertiary alicyclic amines) is 1. The predicted molar refractivity (Wildman–Crippen MR) is 215 cm³/mol. The van der Waals surface area contributed by atoms with Gasteiger partial charge in [-0.2, -0.15) is 5.26 Å². The maximum Gasteiger partial charge on any atom is 0.341 e. The van der Waals surface area contributed by atoms with E-state index in [0.717, 1.165) is 63.9 Å². The van der Waals surface area contributed by atoms with Gasteiger partial charge in [0.1, 0.15) is 47.1 Å². The number of H-pyrrole nitrogens is 1. The number of carboxylic acids is 1. The third kappa shape index (κ3) is 8.31. The fraction of sp³-hybridized carbons (Fsp3) is 0.300. The lowest BCUT2D eigenvalue weighted by molar-refractivity contribution is -0.143. The number of halogens is 3. The number of nitrogens with zero attached hydrogens (tertiary/aromatic N) is 7. The number of hydrogen-bond acceptors (Lipinski definition) is 12. The maximum absolute atomic E-state index is 14.4. The summed E-state index contributed by atoms with van der Waals surface area (Å²) in [5, 5.41) is 25.2. The number of ether oxygens (including phenoxy) is 1. The SMILES string of the molecule is CCOC(=O)c1cnc2ccsc2c1NC1CCN(c2ccc(C#N)c(F)c2)C1.CN(c1ncnc2[nH]ccc12)C1CCN(C(C(=O)O)c2ccc(Cl)cc2F)C1. The van der Waals surface area contributed by atoms with Gasteiger partial charge in [0.15, 0.2) is 0 Å². The summed E-state index contributed by atoms with van der Waals surface area (Å²) in [5.41, 5.74) is 3.64. The van der Waals surface area contributed by atoms with Gasteiger partial charge >= 0.3 is 11.9 Å². The first kappa shape index (κ1) is 39.3. The number of carboxylic acid groups (broad SMARTS) is 1. The smallest absolute Gasteiger partial charge is 0.341 e. The molecule has 0 radical (unpaired) electrons. The van der Waals surface area contributed by atoms with Crippen molar-refractivity contribution in [3.63, 3.8) is 0 Å². The number of esters is 1. The largest absolute Gasteiger partial charge is 0.480 e. The second-order valence-corrected chi connectivity index (χ2v) is 15.0. The highest BCUT2D eigenvalue weighted by molar-refractivity contribution is 7.17. The first-order valence-electron chi connectivity index (χ1n) is 18.2. The number of benzene rings is 2. The Bertz CT molecular complexity index is 2480. The molecule has 0 amide bonds. The van der Waals surface area contributed by atoms with Crippen LogP contribution in [0.2, 0.25) is 5.02 Å². The number of nitrogens with one attached hydrogen (secondary N) is 2. The standard InChI is InChI=1S/C21H19FN4O2S.C19H19ClFN5O2/c1-2-28-21(27)16-11-24-18-6-8-29-20(18)19(16)25-14-5-7-26(12-14)15-4-3-13(10-23)17(22)9-15;1-25(18-14-4-6-22-17(14)23-10-24-18)12-5-7-26(9-12)16(19(27)28)13-3-2-11(20)8-15(13)21/h3-4,6,8-9,11,14H,2,5,7,12H2,1H3,(H,24,25);2-4,6,8,10,12,16H,5,7,9H2,1H3,(H,27,28)(H,22,23,24). The van der Waals surface area contributed by atoms with Gasteiger partial charge in [-0.1, -0.05) is 17.7 Å². The summed E-state index contributed by atoms with van der Waals surface area (Å²) in [6.45, 7) is 4.48. The van der Waals surface area contributed by atoms with Crippen LogP contribution in [0.4, 0.5) is 26.0 Å². The van der Waals surface area contributed by atoms with E-state index in [0.29, 0.717) is 31.8 Å². The molecule has 57 heavy (non-hydrogen) atoms. The van der Waals surface area contributed by atoms with E-state index in [1.54, 1.807) is 30.3 Å². The average Bonchev–Trinajstić information content (AvgIpc) is 4.04. The van der Waals surface area contributed by atoms with E-state index >= 15 is 0 Å². The van der Waals surface area contributed by atoms with Crippen LogP contribution in [0.5, 0.6) is 0 Å². The van der Waals surface area contributed by atoms with Gasteiger partial charge in [0.05, 0.1) is 33.5 Å². The number of aromatic amines is 1. The lowest BCUT2D eigenvalue weighted by Crippen LogP contribution is -2.38. The molecule has 0 spiro atoms. The Morgan fingerprint density at radius 2 is 1.96 bits per heavy atom. The lowest BCUT2D eigenvalue weighted by Gasteiger charge is -2.28. The van der Waals surface area contributed by atoms with Gasteiger partial charge in [0, 0.05) is 74.0 Å². The summed E-state index contributed by atoms with van der Waals surface area (Å²) in [6, 6.07) is 13.5. The van der Waals surface area contributed by atoms with E-state index in [4.69, 9.17) is 21.6 Å². The van der Waals surface area contributed by atoms with Gasteiger partial charge in [0.25, 0.3) is 0 Å². The number of anilines is 3. The molecule has 2 aliphatic rings. The molecule has 0 aliphatic carbocycles. The zero-order valence-corrected chi connectivity index (χ0v) is 32.5. The van der Waals surface area contributed by atoms with Crippen LogP contribution < -0.4 is 15.1 Å². The number of aromatic nitrogens is 4. The quantitative estimate of drug-likeness (QED) is 0.119. The van der Waals surface area contributed by atoms with Crippen molar-refractivity contribution in [2.45, 2.75) is 37.9 Å². The zero-order valence-electron chi connectivity index (χ0n) is 31.0. The molecule has 0 saturated carbocycles. The van der Waals surface area contributed by atoms with Crippen LogP contribution in [0.1, 0.15) is 47.3 Å². The molecule has 2 fully saturated rings. The molecular weight excluding hydrogens is 776 g/mol. The van der Waals surface area contributed by atoms with E-state index in [1.807, 2.05) is 35.5 Å². The number of fused-ring (bicyclic) bond motifs is 2. The molecule has 8 rings (SSSR count). The van der Waals surface area contributed by atoms with E-state index in [2.05, 4.69) is 30.2 Å². The lowest BCUT2D eigenvalue weighted by atomic mass is 10.1. The summed E-state index contributed by atoms with van der Waals surface area (Å²) < 4.78 is 34.5. The van der Waals surface area contributed by atoms with Crippen LogP contribution in [0.25, 0.3) is 21.3 Å². The summed E-state index contributed by atoms with van der Waals surface area (Å²) >= 11 is 7.33. The van der Waals surface area contributed by atoms with Crippen molar-refractivity contribution in [2.24, 2.45) is 0 Å². The average molecular weight is 814 g/mol. The summed E-state index contributed by atoms with van der Waals surface area (Å²) in [5.74, 6) is -1.83. The summed E-state index contributed by atoms with van der Waals surface area (Å²) in [6.07, 6.45) is 6.44. The third-order valence-corrected chi connectivity index (χ3v) is 11.4. The first-order valence-corrected chi connectivity index (χ1v) is 19.5. The number of carbonyl (C=O) groups is 2. The molecular formula is C40H38ClF2N9O4S. The molecule has 0 bridgehead atoms. The van der Waals surface area contributed by atoms with Crippen molar-refractivity contribution in [3.8, 4) is 6.07 Å². The molecule has 294 valence electrons. The van der Waals surface area contributed by atoms with Crippen molar-refractivity contribution in [3.05, 3.63) is 106 Å².